The minimum Gasteiger partial charge on any atom is -0.497 e. The quantitative estimate of drug-likeness (QED) is 0.936. The van der Waals surface area contributed by atoms with Gasteiger partial charge in [0.15, 0.2) is 0 Å². The van der Waals surface area contributed by atoms with Crippen LogP contribution < -0.4 is 4.74 Å². The van der Waals surface area contributed by atoms with Gasteiger partial charge in [0.05, 0.1) is 24.8 Å². The third-order valence-electron chi connectivity index (χ3n) is 4.28. The van der Waals surface area contributed by atoms with E-state index in [0.29, 0.717) is 23.5 Å². The number of aryl methyl sites for hydroxylation is 1. The predicted octanol–water partition coefficient (Wildman–Crippen LogP) is 2.42. The van der Waals surface area contributed by atoms with E-state index in [0.717, 1.165) is 5.56 Å². The number of carbonyl (C=O) groups is 1. The molecule has 1 saturated heterocycles. The van der Waals surface area contributed by atoms with Gasteiger partial charge in [-0.05, 0) is 31.0 Å². The molecule has 2 atom stereocenters. The highest BCUT2D eigenvalue weighted by Crippen LogP contribution is 2.35. The Morgan fingerprint density at radius 1 is 1.46 bits per heavy atom. The van der Waals surface area contributed by atoms with Crippen molar-refractivity contribution in [1.82, 2.24) is 4.90 Å². The molecule has 124 valence electrons. The average Bonchev–Trinajstić information content (AvgIpc) is 3.17. The molecule has 1 fully saturated rings. The van der Waals surface area contributed by atoms with Crippen LogP contribution in [0.25, 0.3) is 0 Å². The molecular formula is C18H18N2O4. The Morgan fingerprint density at radius 2 is 2.25 bits per heavy atom. The van der Waals surface area contributed by atoms with Crippen LogP contribution in [0.3, 0.4) is 0 Å². The van der Waals surface area contributed by atoms with Crippen molar-refractivity contribution in [3.63, 3.8) is 0 Å². The summed E-state index contributed by atoms with van der Waals surface area (Å²) in [5.41, 5.74) is 1.26. The molecule has 0 aliphatic carbocycles. The van der Waals surface area contributed by atoms with Crippen LogP contribution in [0.2, 0.25) is 0 Å². The summed E-state index contributed by atoms with van der Waals surface area (Å²) in [5, 5.41) is 19.0. The van der Waals surface area contributed by atoms with Crippen molar-refractivity contribution < 1.29 is 19.1 Å². The Balaban J connectivity index is 1.94. The zero-order valence-electron chi connectivity index (χ0n) is 13.5. The second-order valence-corrected chi connectivity index (χ2v) is 5.83. The Labute approximate surface area is 139 Å². The van der Waals surface area contributed by atoms with E-state index in [-0.39, 0.29) is 24.3 Å². The number of nitriles is 1. The van der Waals surface area contributed by atoms with Gasteiger partial charge in [0.2, 0.25) is 5.76 Å². The molecule has 0 spiro atoms. The summed E-state index contributed by atoms with van der Waals surface area (Å²) < 4.78 is 10.5. The van der Waals surface area contributed by atoms with E-state index >= 15 is 0 Å². The fourth-order valence-corrected chi connectivity index (χ4v) is 3.11. The third kappa shape index (κ3) is 2.86. The van der Waals surface area contributed by atoms with Crippen LogP contribution >= 0.6 is 0 Å². The minimum atomic E-state index is -0.590. The number of hydrogen-bond acceptors (Lipinski definition) is 5. The van der Waals surface area contributed by atoms with Crippen LogP contribution in [0.5, 0.6) is 5.75 Å². The number of nitrogens with zero attached hydrogens (tertiary/aromatic N) is 2. The molecule has 2 heterocycles. The Kier molecular flexibility index (Phi) is 4.28. The number of aliphatic hydroxyl groups is 1. The molecule has 6 nitrogen and oxygen atoms in total. The first kappa shape index (κ1) is 16.1. The number of ether oxygens (including phenoxy) is 1. The molecule has 1 N–H and O–H groups in total. The van der Waals surface area contributed by atoms with Crippen molar-refractivity contribution >= 4 is 5.91 Å². The SMILES string of the molecule is COc1cccc([C@H]2C[C@@H](O)CN2C(=O)c2cc(C#N)oc2C)c1. The number of hydrogen-bond donors (Lipinski definition) is 1. The van der Waals surface area contributed by atoms with Gasteiger partial charge in [-0.15, -0.1) is 0 Å². The van der Waals surface area contributed by atoms with Crippen molar-refractivity contribution in [3.8, 4) is 11.8 Å². The second-order valence-electron chi connectivity index (χ2n) is 5.83. The van der Waals surface area contributed by atoms with Gasteiger partial charge < -0.3 is 19.2 Å². The molecule has 0 radical (unpaired) electrons. The summed E-state index contributed by atoms with van der Waals surface area (Å²) in [5.74, 6) is 0.963. The van der Waals surface area contributed by atoms with Crippen LogP contribution in [0, 0.1) is 18.3 Å². The molecule has 3 rings (SSSR count). The number of amides is 1. The molecule has 1 aromatic carbocycles. The third-order valence-corrected chi connectivity index (χ3v) is 4.28. The van der Waals surface area contributed by atoms with E-state index in [1.165, 1.54) is 6.07 Å². The monoisotopic (exact) mass is 326 g/mol. The van der Waals surface area contributed by atoms with Crippen molar-refractivity contribution in [1.29, 1.82) is 5.26 Å². The van der Waals surface area contributed by atoms with Gasteiger partial charge in [-0.2, -0.15) is 5.26 Å². The molecule has 6 heteroatoms. The lowest BCUT2D eigenvalue weighted by molar-refractivity contribution is 0.0714. The van der Waals surface area contributed by atoms with Crippen LogP contribution in [0.1, 0.15) is 39.9 Å². The average molecular weight is 326 g/mol. The lowest BCUT2D eigenvalue weighted by Crippen LogP contribution is -2.32. The first-order valence-electron chi connectivity index (χ1n) is 7.67. The van der Waals surface area contributed by atoms with Crippen LogP contribution in [-0.4, -0.2) is 35.7 Å². The Morgan fingerprint density at radius 3 is 2.92 bits per heavy atom. The maximum Gasteiger partial charge on any atom is 0.258 e. The molecule has 1 aromatic heterocycles. The van der Waals surface area contributed by atoms with Gasteiger partial charge in [0, 0.05) is 12.6 Å². The number of benzene rings is 1. The van der Waals surface area contributed by atoms with E-state index in [9.17, 15) is 9.90 Å². The lowest BCUT2D eigenvalue weighted by atomic mass is 10.0. The van der Waals surface area contributed by atoms with E-state index in [1.54, 1.807) is 18.9 Å². The van der Waals surface area contributed by atoms with Crippen molar-refractivity contribution in [3.05, 3.63) is 53.0 Å². The standard InChI is InChI=1S/C18H18N2O4/c1-11-16(8-15(9-19)24-11)18(22)20-10-13(21)7-17(20)12-4-3-5-14(6-12)23-2/h3-6,8,13,17,21H,7,10H2,1-2H3/t13-,17-/m1/s1. The van der Waals surface area contributed by atoms with Gasteiger partial charge in [-0.1, -0.05) is 12.1 Å². The number of aliphatic hydroxyl groups excluding tert-OH is 1. The van der Waals surface area contributed by atoms with E-state index in [2.05, 4.69) is 0 Å². The number of β-amino-alcohol motifs (C(OH)–C–C–N with tert-alkyl or cyclic N) is 1. The summed E-state index contributed by atoms with van der Waals surface area (Å²) in [6.07, 6.45) is -0.131. The Bertz CT molecular complexity index is 806. The molecular weight excluding hydrogens is 308 g/mol. The largest absolute Gasteiger partial charge is 0.497 e. The second kappa shape index (κ2) is 6.38. The molecule has 0 unspecified atom stereocenters. The predicted molar refractivity (Wildman–Crippen MR) is 85.6 cm³/mol. The number of furan rings is 1. The molecule has 24 heavy (non-hydrogen) atoms. The van der Waals surface area contributed by atoms with Gasteiger partial charge in [-0.3, -0.25) is 4.79 Å². The summed E-state index contributed by atoms with van der Waals surface area (Å²) in [6.45, 7) is 1.90. The first-order valence-corrected chi connectivity index (χ1v) is 7.67. The lowest BCUT2D eigenvalue weighted by Gasteiger charge is -2.24. The maximum absolute atomic E-state index is 12.9. The topological polar surface area (TPSA) is 86.7 Å². The van der Waals surface area contributed by atoms with Crippen LogP contribution in [-0.2, 0) is 0 Å². The summed E-state index contributed by atoms with van der Waals surface area (Å²) in [7, 11) is 1.59. The summed E-state index contributed by atoms with van der Waals surface area (Å²) >= 11 is 0. The number of methoxy groups -OCH3 is 1. The van der Waals surface area contributed by atoms with Crippen LogP contribution in [0.4, 0.5) is 0 Å². The molecule has 1 amide bonds. The molecule has 2 aromatic rings. The van der Waals surface area contributed by atoms with Gasteiger partial charge >= 0.3 is 0 Å². The van der Waals surface area contributed by atoms with Crippen molar-refractivity contribution in [2.24, 2.45) is 0 Å². The highest BCUT2D eigenvalue weighted by Gasteiger charge is 2.37. The van der Waals surface area contributed by atoms with Gasteiger partial charge in [-0.25, -0.2) is 0 Å². The summed E-state index contributed by atoms with van der Waals surface area (Å²) in [6, 6.07) is 10.6. The molecule has 1 aliphatic heterocycles. The molecule has 0 saturated carbocycles. The van der Waals surface area contributed by atoms with E-state index in [4.69, 9.17) is 14.4 Å². The highest BCUT2D eigenvalue weighted by molar-refractivity contribution is 5.96. The fraction of sp³-hybridized carbons (Fsp3) is 0.333. The van der Waals surface area contributed by atoms with E-state index in [1.807, 2.05) is 30.3 Å². The maximum atomic E-state index is 12.9. The smallest absolute Gasteiger partial charge is 0.258 e. The Hall–Kier alpha value is -2.78. The molecule has 0 bridgehead atoms. The van der Waals surface area contributed by atoms with Gasteiger partial charge in [0.1, 0.15) is 17.6 Å². The molecule has 1 aliphatic rings. The summed E-state index contributed by atoms with van der Waals surface area (Å²) in [4.78, 5) is 14.5. The normalized spacial score (nSPS) is 20.0. The zero-order chi connectivity index (χ0) is 17.3. The fourth-order valence-electron chi connectivity index (χ4n) is 3.11. The van der Waals surface area contributed by atoms with E-state index < -0.39 is 6.10 Å². The highest BCUT2D eigenvalue weighted by atomic mass is 16.5. The van der Waals surface area contributed by atoms with Crippen molar-refractivity contribution in [2.45, 2.75) is 25.5 Å². The number of carbonyl (C=O) groups excluding carboxylic acids is 1. The number of rotatable bonds is 3. The zero-order valence-corrected chi connectivity index (χ0v) is 13.5. The van der Waals surface area contributed by atoms with Crippen molar-refractivity contribution in [2.75, 3.05) is 13.7 Å². The van der Waals surface area contributed by atoms with Crippen LogP contribution in [0.15, 0.2) is 34.7 Å². The first-order chi connectivity index (χ1) is 11.5. The minimum absolute atomic E-state index is 0.105. The van der Waals surface area contributed by atoms with Gasteiger partial charge in [0.25, 0.3) is 5.91 Å². The number of likely N-dealkylation sites (tertiary alicyclic amines) is 1.